The first kappa shape index (κ1) is 21.1. The number of benzene rings is 1. The number of aromatic nitrogens is 1. The Kier molecular flexibility index (Phi) is 5.72. The van der Waals surface area contributed by atoms with Crippen LogP contribution in [-0.4, -0.2) is 48.4 Å². The minimum absolute atomic E-state index is 0.0223. The van der Waals surface area contributed by atoms with Crippen molar-refractivity contribution in [2.75, 3.05) is 31.6 Å². The van der Waals surface area contributed by atoms with Crippen LogP contribution in [0.25, 0.3) is 0 Å². The Bertz CT molecular complexity index is 992. The van der Waals surface area contributed by atoms with Gasteiger partial charge in [0.25, 0.3) is 5.91 Å². The highest BCUT2D eigenvalue weighted by molar-refractivity contribution is 6.09. The normalized spacial score (nSPS) is 20.7. The summed E-state index contributed by atoms with van der Waals surface area (Å²) in [7, 11) is 1.86. The fourth-order valence-corrected chi connectivity index (χ4v) is 5.78. The van der Waals surface area contributed by atoms with Gasteiger partial charge in [0.2, 0.25) is 5.91 Å². The molecular weight excluding hydrogens is 400 g/mol. The number of piperidine rings is 1. The molecule has 0 radical (unpaired) electrons. The molecule has 5 rings (SSSR count). The number of pyridine rings is 1. The quantitative estimate of drug-likeness (QED) is 0.785. The van der Waals surface area contributed by atoms with Crippen molar-refractivity contribution in [2.45, 2.75) is 50.5 Å². The summed E-state index contributed by atoms with van der Waals surface area (Å²) < 4.78 is 0. The van der Waals surface area contributed by atoms with Crippen LogP contribution < -0.4 is 10.2 Å². The van der Waals surface area contributed by atoms with Crippen LogP contribution >= 0.6 is 0 Å². The zero-order chi connectivity index (χ0) is 22.1. The molecule has 0 bridgehead atoms. The second-order valence-electron chi connectivity index (χ2n) is 9.68. The first-order valence-electron chi connectivity index (χ1n) is 11.9. The second kappa shape index (κ2) is 8.66. The van der Waals surface area contributed by atoms with Gasteiger partial charge in [-0.15, -0.1) is 0 Å². The van der Waals surface area contributed by atoms with Crippen molar-refractivity contribution in [1.29, 1.82) is 0 Å². The molecule has 6 heteroatoms. The Morgan fingerprint density at radius 3 is 2.69 bits per heavy atom. The molecule has 2 fully saturated rings. The Morgan fingerprint density at radius 1 is 1.19 bits per heavy atom. The molecule has 0 unspecified atom stereocenters. The summed E-state index contributed by atoms with van der Waals surface area (Å²) in [6.45, 7) is 3.31. The molecule has 3 aliphatic rings. The standard InChI is InChI=1S/C26H32N4O2/c1-29-23-9-8-21(24(31)28-17-19-5-2-3-6-19)15-22(23)26(25(29)32)10-13-30(14-11-26)18-20-7-4-12-27-16-20/h4,7-9,12,15-16,19H,2-3,5-6,10-11,13-14,17-18H2,1H3,(H,28,31). The molecule has 1 aromatic heterocycles. The monoisotopic (exact) mass is 432 g/mol. The van der Waals surface area contributed by atoms with Gasteiger partial charge in [-0.2, -0.15) is 0 Å². The molecule has 1 N–H and O–H groups in total. The predicted molar refractivity (Wildman–Crippen MR) is 125 cm³/mol. The number of rotatable bonds is 5. The number of nitrogens with one attached hydrogen (secondary N) is 1. The molecule has 1 saturated carbocycles. The minimum Gasteiger partial charge on any atom is -0.352 e. The minimum atomic E-state index is -0.517. The lowest BCUT2D eigenvalue weighted by molar-refractivity contribution is -0.124. The molecule has 1 aromatic carbocycles. The predicted octanol–water partition coefficient (Wildman–Crippen LogP) is 3.51. The third-order valence-electron chi connectivity index (χ3n) is 7.71. The highest BCUT2D eigenvalue weighted by atomic mass is 16.2. The number of fused-ring (bicyclic) bond motifs is 2. The van der Waals surface area contributed by atoms with Crippen molar-refractivity contribution < 1.29 is 9.59 Å². The second-order valence-corrected chi connectivity index (χ2v) is 9.68. The highest BCUT2D eigenvalue weighted by Crippen LogP contribution is 2.47. The van der Waals surface area contributed by atoms with Crippen molar-refractivity contribution in [1.82, 2.24) is 15.2 Å². The summed E-state index contributed by atoms with van der Waals surface area (Å²) in [5.41, 5.74) is 3.32. The van der Waals surface area contributed by atoms with E-state index in [-0.39, 0.29) is 11.8 Å². The summed E-state index contributed by atoms with van der Waals surface area (Å²) in [6, 6.07) is 9.86. The van der Waals surface area contributed by atoms with E-state index in [1.807, 2.05) is 37.5 Å². The molecule has 2 aliphatic heterocycles. The Morgan fingerprint density at radius 2 is 1.97 bits per heavy atom. The van der Waals surface area contributed by atoms with Crippen LogP contribution in [0.1, 0.15) is 60.0 Å². The maximum absolute atomic E-state index is 13.4. The van der Waals surface area contributed by atoms with Gasteiger partial charge < -0.3 is 10.2 Å². The zero-order valence-corrected chi connectivity index (χ0v) is 18.8. The van der Waals surface area contributed by atoms with E-state index in [9.17, 15) is 9.59 Å². The summed E-state index contributed by atoms with van der Waals surface area (Å²) in [4.78, 5) is 34.6. The van der Waals surface area contributed by atoms with Crippen molar-refractivity contribution in [3.05, 3.63) is 59.4 Å². The average Bonchev–Trinajstić information content (AvgIpc) is 3.42. The summed E-state index contributed by atoms with van der Waals surface area (Å²) in [5, 5.41) is 3.13. The fourth-order valence-electron chi connectivity index (χ4n) is 5.78. The molecule has 1 aliphatic carbocycles. The topological polar surface area (TPSA) is 65.5 Å². The number of hydrogen-bond acceptors (Lipinski definition) is 4. The maximum atomic E-state index is 13.4. The zero-order valence-electron chi connectivity index (χ0n) is 18.8. The molecule has 2 amide bonds. The van der Waals surface area contributed by atoms with E-state index in [1.54, 1.807) is 11.1 Å². The number of carbonyl (C=O) groups is 2. The number of likely N-dealkylation sites (N-methyl/N-ethyl adjacent to an activating group) is 1. The van der Waals surface area contributed by atoms with E-state index in [1.165, 1.54) is 31.2 Å². The lowest BCUT2D eigenvalue weighted by Crippen LogP contribution is -2.47. The summed E-state index contributed by atoms with van der Waals surface area (Å²) in [6.07, 6.45) is 10.2. The van der Waals surface area contributed by atoms with Crippen LogP contribution in [0.15, 0.2) is 42.7 Å². The lowest BCUT2D eigenvalue weighted by Gasteiger charge is -2.38. The molecule has 32 heavy (non-hydrogen) atoms. The van der Waals surface area contributed by atoms with Gasteiger partial charge in [-0.05, 0) is 80.1 Å². The molecule has 0 atom stereocenters. The number of likely N-dealkylation sites (tertiary alicyclic amines) is 1. The smallest absolute Gasteiger partial charge is 0.251 e. The maximum Gasteiger partial charge on any atom is 0.251 e. The van der Waals surface area contributed by atoms with Crippen molar-refractivity contribution >= 4 is 17.5 Å². The van der Waals surface area contributed by atoms with Gasteiger partial charge in [-0.1, -0.05) is 18.9 Å². The van der Waals surface area contributed by atoms with Crippen LogP contribution in [0.4, 0.5) is 5.69 Å². The summed E-state index contributed by atoms with van der Waals surface area (Å²) in [5.74, 6) is 0.750. The van der Waals surface area contributed by atoms with Gasteiger partial charge in [0.05, 0.1) is 5.41 Å². The highest BCUT2D eigenvalue weighted by Gasteiger charge is 2.51. The van der Waals surface area contributed by atoms with E-state index in [2.05, 4.69) is 21.3 Å². The summed E-state index contributed by atoms with van der Waals surface area (Å²) >= 11 is 0. The van der Waals surface area contributed by atoms with Crippen molar-refractivity contribution in [2.24, 2.45) is 5.92 Å². The van der Waals surface area contributed by atoms with Gasteiger partial charge in [0.1, 0.15) is 0 Å². The van der Waals surface area contributed by atoms with Gasteiger partial charge in [0, 0.05) is 43.8 Å². The molecular formula is C26H32N4O2. The van der Waals surface area contributed by atoms with Gasteiger partial charge in [0.15, 0.2) is 0 Å². The number of anilines is 1. The van der Waals surface area contributed by atoms with E-state index >= 15 is 0 Å². The van der Waals surface area contributed by atoms with E-state index in [0.29, 0.717) is 11.5 Å². The van der Waals surface area contributed by atoms with Crippen LogP contribution in [-0.2, 0) is 16.8 Å². The van der Waals surface area contributed by atoms with E-state index < -0.39 is 5.41 Å². The van der Waals surface area contributed by atoms with Gasteiger partial charge >= 0.3 is 0 Å². The number of carbonyl (C=O) groups excluding carboxylic acids is 2. The fraction of sp³-hybridized carbons (Fsp3) is 0.500. The van der Waals surface area contributed by atoms with Gasteiger partial charge in [-0.25, -0.2) is 0 Å². The van der Waals surface area contributed by atoms with E-state index in [0.717, 1.165) is 50.3 Å². The first-order valence-corrected chi connectivity index (χ1v) is 11.9. The molecule has 3 heterocycles. The third-order valence-corrected chi connectivity index (χ3v) is 7.71. The van der Waals surface area contributed by atoms with Gasteiger partial charge in [-0.3, -0.25) is 19.5 Å². The van der Waals surface area contributed by atoms with Crippen LogP contribution in [0.2, 0.25) is 0 Å². The SMILES string of the molecule is CN1C(=O)C2(CCN(Cc3cccnc3)CC2)c2cc(C(=O)NCC3CCCC3)ccc21. The van der Waals surface area contributed by atoms with Crippen molar-refractivity contribution in [3.63, 3.8) is 0 Å². The van der Waals surface area contributed by atoms with Crippen LogP contribution in [0.3, 0.4) is 0 Å². The number of nitrogens with zero attached hydrogens (tertiary/aromatic N) is 3. The molecule has 6 nitrogen and oxygen atoms in total. The van der Waals surface area contributed by atoms with E-state index in [4.69, 9.17) is 0 Å². The third kappa shape index (κ3) is 3.81. The molecule has 168 valence electrons. The van der Waals surface area contributed by atoms with Crippen molar-refractivity contribution in [3.8, 4) is 0 Å². The molecule has 1 spiro atoms. The number of hydrogen-bond donors (Lipinski definition) is 1. The Hall–Kier alpha value is -2.73. The number of amides is 2. The molecule has 1 saturated heterocycles. The Balaban J connectivity index is 1.32. The average molecular weight is 433 g/mol. The van der Waals surface area contributed by atoms with Crippen LogP contribution in [0, 0.1) is 5.92 Å². The largest absolute Gasteiger partial charge is 0.352 e. The van der Waals surface area contributed by atoms with Crippen LogP contribution in [0.5, 0.6) is 0 Å². The first-order chi connectivity index (χ1) is 15.6. The molecule has 2 aromatic rings. The Labute approximate surface area is 190 Å². The lowest BCUT2D eigenvalue weighted by atomic mass is 9.73.